The van der Waals surface area contributed by atoms with Crippen LogP contribution in [-0.2, 0) is 39.9 Å². The number of nitrogens with one attached hydrogen (secondary N) is 5. The fourth-order valence-corrected chi connectivity index (χ4v) is 4.70. The van der Waals surface area contributed by atoms with Crippen LogP contribution < -0.4 is 32.3 Å². The van der Waals surface area contributed by atoms with Crippen molar-refractivity contribution in [2.45, 2.75) is 58.0 Å². The Balaban J connectivity index is 1.44. The fraction of sp³-hybridized carbons (Fsp3) is 0.424. The molecule has 1 fully saturated rings. The lowest BCUT2D eigenvalue weighted by atomic mass is 10.0. The van der Waals surface area contributed by atoms with Crippen LogP contribution in [0, 0.1) is 5.92 Å². The molecule has 3 rings (SSSR count). The van der Waals surface area contributed by atoms with Crippen LogP contribution in [0.3, 0.4) is 0 Å². The summed E-state index contributed by atoms with van der Waals surface area (Å²) in [6.07, 6.45) is 1.61. The van der Waals surface area contributed by atoms with Gasteiger partial charge < -0.3 is 37.1 Å². The first-order valence-electron chi connectivity index (χ1n) is 15.7. The molecule has 1 heterocycles. The van der Waals surface area contributed by atoms with Gasteiger partial charge in [0.1, 0.15) is 25.3 Å². The topological polar surface area (TPSA) is 218 Å². The Morgan fingerprint density at radius 2 is 1.52 bits per heavy atom. The summed E-state index contributed by atoms with van der Waals surface area (Å²) in [5.74, 6) is -2.90. The smallest absolute Gasteiger partial charge is 0.312 e. The number of imide groups is 1. The van der Waals surface area contributed by atoms with Gasteiger partial charge in [-0.3, -0.25) is 33.7 Å². The third-order valence-electron chi connectivity index (χ3n) is 7.39. The molecular formula is C33H43N7O8. The van der Waals surface area contributed by atoms with Crippen molar-refractivity contribution in [3.63, 3.8) is 0 Å². The molecular weight excluding hydrogens is 622 g/mol. The Labute approximate surface area is 278 Å². The van der Waals surface area contributed by atoms with E-state index in [9.17, 15) is 33.6 Å². The van der Waals surface area contributed by atoms with E-state index in [4.69, 9.17) is 10.5 Å². The van der Waals surface area contributed by atoms with Crippen molar-refractivity contribution >= 4 is 52.8 Å². The number of β-lactam (4-membered cyclic amide) rings is 1. The summed E-state index contributed by atoms with van der Waals surface area (Å²) >= 11 is 0. The Bertz CT molecular complexity index is 1450. The first-order chi connectivity index (χ1) is 22.9. The summed E-state index contributed by atoms with van der Waals surface area (Å²) in [5, 5.41) is 13.1. The normalized spacial score (nSPS) is 13.5. The van der Waals surface area contributed by atoms with Gasteiger partial charge in [0.15, 0.2) is 0 Å². The second-order valence-corrected chi connectivity index (χ2v) is 11.6. The molecule has 258 valence electrons. The number of nitrogens with zero attached hydrogens (tertiary/aromatic N) is 1. The van der Waals surface area contributed by atoms with Crippen LogP contribution in [0.4, 0.5) is 16.2 Å². The summed E-state index contributed by atoms with van der Waals surface area (Å²) in [6, 6.07) is 12.9. The molecule has 0 saturated carbocycles. The van der Waals surface area contributed by atoms with Crippen molar-refractivity contribution in [1.29, 1.82) is 0 Å². The summed E-state index contributed by atoms with van der Waals surface area (Å²) in [7, 11) is 0. The van der Waals surface area contributed by atoms with Gasteiger partial charge >= 0.3 is 6.03 Å². The van der Waals surface area contributed by atoms with E-state index in [2.05, 4.69) is 26.6 Å². The highest BCUT2D eigenvalue weighted by Gasteiger charge is 2.30. The number of urea groups is 1. The third kappa shape index (κ3) is 12.5. The number of likely N-dealkylation sites (tertiary alicyclic amines) is 1. The van der Waals surface area contributed by atoms with Gasteiger partial charge in [0, 0.05) is 37.3 Å². The maximum Gasteiger partial charge on any atom is 0.312 e. The van der Waals surface area contributed by atoms with Crippen LogP contribution in [0.2, 0.25) is 0 Å². The number of aryl methyl sites for hydroxylation is 1. The van der Waals surface area contributed by atoms with E-state index >= 15 is 0 Å². The highest BCUT2D eigenvalue weighted by atomic mass is 16.5. The molecule has 8 amide bonds. The number of rotatable bonds is 18. The zero-order valence-corrected chi connectivity index (χ0v) is 27.1. The minimum atomic E-state index is -1.01. The van der Waals surface area contributed by atoms with Crippen molar-refractivity contribution in [1.82, 2.24) is 20.9 Å². The average Bonchev–Trinajstić information content (AvgIpc) is 3.04. The number of primary amides is 1. The van der Waals surface area contributed by atoms with Gasteiger partial charge in [0.2, 0.25) is 35.4 Å². The number of benzene rings is 2. The number of amides is 8. The number of carbonyl (C=O) groups is 7. The average molecular weight is 666 g/mol. The number of carbonyl (C=O) groups excluding carboxylic acids is 7. The molecule has 0 bridgehead atoms. The number of hydrogen-bond acceptors (Lipinski definition) is 8. The van der Waals surface area contributed by atoms with Crippen molar-refractivity contribution in [2.24, 2.45) is 11.7 Å². The van der Waals surface area contributed by atoms with Gasteiger partial charge in [0.25, 0.3) is 0 Å². The predicted octanol–water partition coefficient (Wildman–Crippen LogP) is 1.05. The Hall–Kier alpha value is -5.31. The number of para-hydroxylation sites is 1. The summed E-state index contributed by atoms with van der Waals surface area (Å²) < 4.78 is 5.26. The van der Waals surface area contributed by atoms with Crippen LogP contribution in [0.15, 0.2) is 54.6 Å². The minimum absolute atomic E-state index is 0.152. The molecule has 2 aromatic carbocycles. The van der Waals surface area contributed by atoms with Gasteiger partial charge in [-0.15, -0.1) is 0 Å². The van der Waals surface area contributed by atoms with Gasteiger partial charge in [-0.2, -0.15) is 0 Å². The Morgan fingerprint density at radius 3 is 2.12 bits per heavy atom. The SMILES string of the molecule is CC(C)[C@H](NC(=O)COCC(=O)Nc1ccc(CCC(=O)N2CCC2=O)cc1)C(=O)N[C@@H](CCCNC(N)=O)C(=O)Nc1ccccc1. The molecule has 2 aromatic rings. The van der Waals surface area contributed by atoms with E-state index in [1.54, 1.807) is 68.4 Å². The fourth-order valence-electron chi connectivity index (χ4n) is 4.70. The van der Waals surface area contributed by atoms with E-state index in [0.29, 0.717) is 37.2 Å². The lowest BCUT2D eigenvalue weighted by molar-refractivity contribution is -0.152. The van der Waals surface area contributed by atoms with Crippen molar-refractivity contribution < 1.29 is 38.3 Å². The number of nitrogens with two attached hydrogens (primary N) is 1. The summed E-state index contributed by atoms with van der Waals surface area (Å²) in [6.45, 7) is 3.21. The maximum absolute atomic E-state index is 13.2. The molecule has 15 heteroatoms. The Morgan fingerprint density at radius 1 is 0.854 bits per heavy atom. The van der Waals surface area contributed by atoms with E-state index in [0.717, 1.165) is 5.56 Å². The molecule has 0 radical (unpaired) electrons. The van der Waals surface area contributed by atoms with Gasteiger partial charge in [-0.25, -0.2) is 4.79 Å². The van der Waals surface area contributed by atoms with Crippen molar-refractivity contribution in [3.8, 4) is 0 Å². The van der Waals surface area contributed by atoms with Crippen molar-refractivity contribution in [3.05, 3.63) is 60.2 Å². The first-order valence-corrected chi connectivity index (χ1v) is 15.7. The quantitative estimate of drug-likeness (QED) is 0.0996. The second-order valence-electron chi connectivity index (χ2n) is 11.6. The van der Waals surface area contributed by atoms with E-state index in [1.807, 2.05) is 0 Å². The standard InChI is InChI=1S/C33H43N7O8/c1-21(2)30(32(46)38-25(9-6-17-35-33(34)47)31(45)37-23-7-4-3-5-8-23)39-27(42)20-48-19-26(41)36-24-13-10-22(11-14-24)12-15-28(43)40-18-16-29(40)44/h3-5,7-8,10-11,13-14,21,25,30H,6,9,12,15-20H2,1-2H3,(H,36,41)(H,37,45)(H,38,46)(H,39,42)(H3,34,35,47)/t25-,30-/m0/s1. The molecule has 1 saturated heterocycles. The van der Waals surface area contributed by atoms with Gasteiger partial charge in [0.05, 0.1) is 0 Å². The molecule has 0 unspecified atom stereocenters. The molecule has 0 aromatic heterocycles. The second kappa shape index (κ2) is 18.7. The monoisotopic (exact) mass is 665 g/mol. The summed E-state index contributed by atoms with van der Waals surface area (Å²) in [5.41, 5.74) is 7.01. The molecule has 0 aliphatic carbocycles. The van der Waals surface area contributed by atoms with Crippen LogP contribution >= 0.6 is 0 Å². The number of ether oxygens (including phenoxy) is 1. The molecule has 1 aliphatic heterocycles. The molecule has 0 spiro atoms. The molecule has 48 heavy (non-hydrogen) atoms. The van der Waals surface area contributed by atoms with E-state index in [-0.39, 0.29) is 37.1 Å². The first kappa shape index (κ1) is 37.2. The van der Waals surface area contributed by atoms with Crippen LogP contribution in [0.1, 0.15) is 45.1 Å². The van der Waals surface area contributed by atoms with E-state index in [1.165, 1.54) is 4.90 Å². The summed E-state index contributed by atoms with van der Waals surface area (Å²) in [4.78, 5) is 87.0. The highest BCUT2D eigenvalue weighted by molar-refractivity contribution is 6.00. The number of anilines is 2. The predicted molar refractivity (Wildman–Crippen MR) is 176 cm³/mol. The molecule has 15 nitrogen and oxygen atoms in total. The van der Waals surface area contributed by atoms with Crippen LogP contribution in [-0.4, -0.2) is 84.8 Å². The maximum atomic E-state index is 13.2. The lowest BCUT2D eigenvalue weighted by Gasteiger charge is -2.28. The number of hydrogen-bond donors (Lipinski definition) is 6. The van der Waals surface area contributed by atoms with Gasteiger partial charge in [-0.05, 0) is 55.0 Å². The largest absolute Gasteiger partial charge is 0.362 e. The third-order valence-corrected chi connectivity index (χ3v) is 7.39. The van der Waals surface area contributed by atoms with Crippen molar-refractivity contribution in [2.75, 3.05) is 36.9 Å². The minimum Gasteiger partial charge on any atom is -0.362 e. The molecule has 1 aliphatic rings. The zero-order valence-electron chi connectivity index (χ0n) is 27.1. The zero-order chi connectivity index (χ0) is 35.1. The molecule has 7 N–H and O–H groups in total. The highest BCUT2D eigenvalue weighted by Crippen LogP contribution is 2.15. The molecule has 2 atom stereocenters. The van der Waals surface area contributed by atoms with E-state index < -0.39 is 55.0 Å². The van der Waals surface area contributed by atoms with Crippen LogP contribution in [0.25, 0.3) is 0 Å². The Kier molecular flexibility index (Phi) is 14.5. The van der Waals surface area contributed by atoms with Crippen LogP contribution in [0.5, 0.6) is 0 Å². The van der Waals surface area contributed by atoms with Gasteiger partial charge in [-0.1, -0.05) is 44.2 Å². The lowest BCUT2D eigenvalue weighted by Crippen LogP contribution is -2.55.